The molecule has 1 spiro atoms. The van der Waals surface area contributed by atoms with Gasteiger partial charge in [0, 0.05) is 74.2 Å². The van der Waals surface area contributed by atoms with E-state index in [0.717, 1.165) is 62.1 Å². The van der Waals surface area contributed by atoms with Gasteiger partial charge in [0.1, 0.15) is 18.8 Å². The Bertz CT molecular complexity index is 2630. The Labute approximate surface area is 428 Å². The summed E-state index contributed by atoms with van der Waals surface area (Å²) >= 11 is 0. The Morgan fingerprint density at radius 1 is 1.00 bits per heavy atom. The number of aryl methyl sites for hydroxylation is 1. The third kappa shape index (κ3) is 8.59. The van der Waals surface area contributed by atoms with E-state index in [4.69, 9.17) is 14.3 Å². The van der Waals surface area contributed by atoms with Crippen molar-refractivity contribution < 1.29 is 57.5 Å². The number of halogens is 1. The number of rotatable bonds is 12. The normalized spacial score (nSPS) is 34.8. The van der Waals surface area contributed by atoms with E-state index in [1.807, 2.05) is 14.0 Å². The number of fused-ring (bicyclic) bond motifs is 5. The second kappa shape index (κ2) is 20.3. The standard InChI is InChI=1S/C54H71FN5O9P.CO2/c1-6-51(66)30-34-29-50(4,39-27-35-12-8-9-13-36(35)37(39)17-23-58(31-34)32-51)38-28-40-42(26-33(38)3)57(5)47-53(40)19-24-59-21-11-18-52(7-2,46(53)59)48(64)54(47,67)49(65)56-20-25-68-45(63)41-14-10-22-60(41)43(61)15-16-44(62)69-70-55;2-1-3/h8-9,11-13,18,26,28,34,41,46-48,64,66-67,70H,6-7,10,14-17,19-25,27,29-32H2,1-5H3,(H,56,65);/t34?,41?,46?,47?,48-,50-,51?,52-,53-,54+;/m0./s1. The van der Waals surface area contributed by atoms with Crippen molar-refractivity contribution in [2.75, 3.05) is 64.4 Å². The highest BCUT2D eigenvalue weighted by Crippen LogP contribution is 2.67. The zero-order valence-electron chi connectivity index (χ0n) is 42.7. The number of allylic oxidation sites excluding steroid dienone is 1. The third-order valence-electron chi connectivity index (χ3n) is 18.6. The van der Waals surface area contributed by atoms with Crippen molar-refractivity contribution in [1.29, 1.82) is 0 Å². The first-order valence-corrected chi connectivity index (χ1v) is 26.9. The molecule has 2 aliphatic carbocycles. The van der Waals surface area contributed by atoms with Crippen molar-refractivity contribution in [3.63, 3.8) is 0 Å². The lowest BCUT2D eigenvalue weighted by molar-refractivity contribution is -0.203. The Morgan fingerprint density at radius 2 is 1.77 bits per heavy atom. The van der Waals surface area contributed by atoms with Crippen LogP contribution in [0.4, 0.5) is 9.88 Å². The van der Waals surface area contributed by atoms with Crippen molar-refractivity contribution in [2.45, 2.75) is 145 Å². The van der Waals surface area contributed by atoms with Crippen LogP contribution in [-0.4, -0.2) is 155 Å². The number of esters is 1. The van der Waals surface area contributed by atoms with Gasteiger partial charge in [0.25, 0.3) is 15.0 Å². The average molecular weight is 1030 g/mol. The number of hydrogen-bond donors (Lipinski definition) is 4. The highest BCUT2D eigenvalue weighted by molar-refractivity contribution is 7.26. The smallest absolute Gasteiger partial charge is 0.373 e. The molecule has 394 valence electrons. The minimum atomic E-state index is -2.31. The molecule has 0 aromatic heterocycles. The predicted molar refractivity (Wildman–Crippen MR) is 270 cm³/mol. The summed E-state index contributed by atoms with van der Waals surface area (Å²) < 4.78 is 22.4. The van der Waals surface area contributed by atoms with Gasteiger partial charge < -0.3 is 39.7 Å². The molecule has 2 aromatic carbocycles. The number of anilines is 1. The molecular weight excluding hydrogens is 957 g/mol. The Balaban J connectivity index is 0.00000214. The van der Waals surface area contributed by atoms with Crippen LogP contribution in [0.1, 0.15) is 113 Å². The molecule has 7 unspecified atom stereocenters. The molecule has 4 N–H and O–H groups in total. The number of nitrogens with zero attached hydrogens (tertiary/aromatic N) is 4. The summed E-state index contributed by atoms with van der Waals surface area (Å²) in [6.07, 6.45) is 8.50. The molecule has 2 amide bonds. The lowest BCUT2D eigenvalue weighted by atomic mass is 9.47. The van der Waals surface area contributed by atoms with Crippen LogP contribution in [0.5, 0.6) is 0 Å². The van der Waals surface area contributed by atoms with Crippen molar-refractivity contribution in [2.24, 2.45) is 11.3 Å². The molecule has 2 aromatic rings. The van der Waals surface area contributed by atoms with E-state index in [9.17, 15) is 33.9 Å². The van der Waals surface area contributed by atoms with Crippen LogP contribution in [0.25, 0.3) is 5.57 Å². The summed E-state index contributed by atoms with van der Waals surface area (Å²) in [5, 5.41) is 41.3. The molecule has 1 saturated carbocycles. The first-order chi connectivity index (χ1) is 34.9. The molecular formula is C55H71FN5O11P. The molecule has 12 atom stereocenters. The minimum Gasteiger partial charge on any atom is -0.462 e. The van der Waals surface area contributed by atoms with Crippen molar-refractivity contribution >= 4 is 50.3 Å². The minimum absolute atomic E-state index is 0.149. The van der Waals surface area contributed by atoms with Gasteiger partial charge in [-0.1, -0.05) is 68.8 Å². The fraction of sp³-hybridized carbons (Fsp3) is 0.618. The number of aliphatic hydroxyl groups is 3. The van der Waals surface area contributed by atoms with E-state index >= 15 is 4.79 Å². The van der Waals surface area contributed by atoms with Crippen molar-refractivity contribution in [3.8, 4) is 0 Å². The number of likely N-dealkylation sites (N-methyl/N-ethyl adjacent to an activating group) is 1. The molecule has 6 aliphatic heterocycles. The maximum Gasteiger partial charge on any atom is 0.373 e. The van der Waals surface area contributed by atoms with Gasteiger partial charge in [-0.2, -0.15) is 13.8 Å². The SMILES string of the molecule is CCC1(O)CC2CN(CCC3=C(Cc4ccccc43)[C@](C)(c3cc4c(cc3C)N(C)C3[C@@]45CCN4CC=C[C@@](CC)(C45)[C@H](O)[C@@]3(O)C(=O)NCCOC(=O)C3CCCN3C(=O)CCC(=O)OPF)C2)C1.O=C=O. The highest BCUT2D eigenvalue weighted by Gasteiger charge is 2.78. The van der Waals surface area contributed by atoms with Gasteiger partial charge in [-0.3, -0.25) is 24.2 Å². The van der Waals surface area contributed by atoms with Gasteiger partial charge >= 0.3 is 18.1 Å². The predicted octanol–water partition coefficient (Wildman–Crippen LogP) is 4.59. The number of ether oxygens (including phenoxy) is 1. The Hall–Kier alpha value is -4.86. The van der Waals surface area contributed by atoms with Crippen LogP contribution in [-0.2, 0) is 55.3 Å². The fourth-order valence-corrected chi connectivity index (χ4v) is 15.9. The van der Waals surface area contributed by atoms with Crippen LogP contribution >= 0.6 is 9.12 Å². The topological polar surface area (TPSA) is 207 Å². The second-order valence-electron chi connectivity index (χ2n) is 22.2. The van der Waals surface area contributed by atoms with E-state index in [1.54, 1.807) is 0 Å². The Morgan fingerprint density at radius 3 is 2.51 bits per heavy atom. The third-order valence-corrected chi connectivity index (χ3v) is 18.9. The molecule has 4 fully saturated rings. The summed E-state index contributed by atoms with van der Waals surface area (Å²) in [5.74, 6) is -2.40. The molecule has 16 nitrogen and oxygen atoms in total. The quantitative estimate of drug-likeness (QED) is 0.0994. The zero-order valence-corrected chi connectivity index (χ0v) is 43.7. The lowest BCUT2D eigenvalue weighted by Gasteiger charge is -2.63. The van der Waals surface area contributed by atoms with Gasteiger partial charge in [-0.15, -0.1) is 0 Å². The maximum atomic E-state index is 15.1. The van der Waals surface area contributed by atoms with Crippen LogP contribution in [0.2, 0.25) is 0 Å². The Kier molecular flexibility index (Phi) is 14.8. The molecule has 2 bridgehead atoms. The van der Waals surface area contributed by atoms with Gasteiger partial charge in [0.15, 0.2) is 5.60 Å². The number of benzene rings is 2. The zero-order chi connectivity index (χ0) is 52.3. The first-order valence-electron chi connectivity index (χ1n) is 26.2. The first kappa shape index (κ1) is 53.0. The molecule has 8 aliphatic rings. The molecule has 3 saturated heterocycles. The summed E-state index contributed by atoms with van der Waals surface area (Å²) in [5.41, 5.74) is 4.70. The maximum absolute atomic E-state index is 15.1. The fourth-order valence-electron chi connectivity index (χ4n) is 15.7. The van der Waals surface area contributed by atoms with E-state index in [0.29, 0.717) is 51.7 Å². The van der Waals surface area contributed by atoms with Crippen LogP contribution in [0.3, 0.4) is 0 Å². The molecule has 73 heavy (non-hydrogen) atoms. The van der Waals surface area contributed by atoms with Crippen molar-refractivity contribution in [3.05, 3.63) is 81.9 Å². The second-order valence-corrected chi connectivity index (χ2v) is 22.6. The number of amides is 2. The molecule has 6 heterocycles. The van der Waals surface area contributed by atoms with E-state index in [-0.39, 0.29) is 44.1 Å². The number of hydrogen-bond acceptors (Lipinski definition) is 14. The summed E-state index contributed by atoms with van der Waals surface area (Å²) in [4.78, 5) is 77.7. The molecule has 0 radical (unpaired) electrons. The van der Waals surface area contributed by atoms with Crippen LogP contribution < -0.4 is 10.2 Å². The van der Waals surface area contributed by atoms with E-state index in [2.05, 4.69) is 93.9 Å². The molecule has 18 heteroatoms. The number of likely N-dealkylation sites (tertiary alicyclic amines) is 1. The van der Waals surface area contributed by atoms with E-state index in [1.165, 1.54) is 32.7 Å². The highest BCUT2D eigenvalue weighted by atomic mass is 31.1. The summed E-state index contributed by atoms with van der Waals surface area (Å²) in [6, 6.07) is 11.6. The van der Waals surface area contributed by atoms with Crippen LogP contribution in [0.15, 0.2) is 54.1 Å². The number of piperidine rings is 1. The van der Waals surface area contributed by atoms with Gasteiger partial charge in [0.05, 0.1) is 24.6 Å². The van der Waals surface area contributed by atoms with E-state index < -0.39 is 78.5 Å². The molecule has 10 rings (SSSR count). The largest absolute Gasteiger partial charge is 0.462 e. The lowest BCUT2D eigenvalue weighted by Crippen LogP contribution is -2.81. The van der Waals surface area contributed by atoms with Gasteiger partial charge in [0.2, 0.25) is 5.91 Å². The van der Waals surface area contributed by atoms with Crippen molar-refractivity contribution in [1.82, 2.24) is 20.0 Å². The number of nitrogens with one attached hydrogen (secondary N) is 1. The average Bonchev–Trinajstić information content (AvgIpc) is 4.17. The van der Waals surface area contributed by atoms with Gasteiger partial charge in [-0.05, 0) is 117 Å². The summed E-state index contributed by atoms with van der Waals surface area (Å²) in [7, 11) is 0.439. The summed E-state index contributed by atoms with van der Waals surface area (Å²) in [6.45, 7) is 12.6. The van der Waals surface area contributed by atoms with Crippen LogP contribution in [0, 0.1) is 18.3 Å². The number of carbonyl (C=O) groups is 4. The number of aliphatic hydroxyl groups excluding tert-OH is 1. The van der Waals surface area contributed by atoms with Gasteiger partial charge in [-0.25, -0.2) is 4.79 Å². The number of carbonyl (C=O) groups excluding carboxylic acids is 6. The monoisotopic (exact) mass is 1030 g/mol.